The Labute approximate surface area is 89.0 Å². The lowest BCUT2D eigenvalue weighted by Gasteiger charge is -2.02. The van der Waals surface area contributed by atoms with Crippen LogP contribution in [0.5, 0.6) is 0 Å². The number of rotatable bonds is 4. The van der Waals surface area contributed by atoms with Gasteiger partial charge in [-0.1, -0.05) is 18.5 Å². The van der Waals surface area contributed by atoms with Gasteiger partial charge in [0.25, 0.3) is 0 Å². The van der Waals surface area contributed by atoms with Crippen molar-refractivity contribution in [2.24, 2.45) is 5.73 Å². The molecule has 0 saturated carbocycles. The SMILES string of the molecule is CCC[C@H](N)c1nc(C2CCOC2)no1. The first kappa shape index (κ1) is 10.6. The molecule has 15 heavy (non-hydrogen) atoms. The maximum atomic E-state index is 5.89. The Morgan fingerprint density at radius 1 is 1.60 bits per heavy atom. The first-order valence-corrected chi connectivity index (χ1v) is 5.48. The molecule has 1 unspecified atom stereocenters. The summed E-state index contributed by atoms with van der Waals surface area (Å²) in [6.07, 6.45) is 2.87. The Morgan fingerprint density at radius 3 is 3.13 bits per heavy atom. The molecule has 2 heterocycles. The first-order valence-electron chi connectivity index (χ1n) is 5.48. The second kappa shape index (κ2) is 4.72. The lowest BCUT2D eigenvalue weighted by molar-refractivity contribution is 0.192. The van der Waals surface area contributed by atoms with Gasteiger partial charge >= 0.3 is 0 Å². The van der Waals surface area contributed by atoms with Crippen molar-refractivity contribution in [3.63, 3.8) is 0 Å². The van der Waals surface area contributed by atoms with E-state index in [1.165, 1.54) is 0 Å². The minimum atomic E-state index is -0.126. The fourth-order valence-electron chi connectivity index (χ4n) is 1.74. The molecule has 1 aliphatic heterocycles. The maximum Gasteiger partial charge on any atom is 0.243 e. The number of hydrogen-bond acceptors (Lipinski definition) is 5. The molecular weight excluding hydrogens is 194 g/mol. The Kier molecular flexibility index (Phi) is 3.33. The Hall–Kier alpha value is -0.940. The fraction of sp³-hybridized carbons (Fsp3) is 0.800. The molecule has 0 aromatic carbocycles. The van der Waals surface area contributed by atoms with E-state index in [1.54, 1.807) is 0 Å². The van der Waals surface area contributed by atoms with Gasteiger partial charge in [0.15, 0.2) is 5.82 Å². The van der Waals surface area contributed by atoms with Gasteiger partial charge in [-0.2, -0.15) is 4.98 Å². The zero-order valence-electron chi connectivity index (χ0n) is 8.98. The summed E-state index contributed by atoms with van der Waals surface area (Å²) in [5.74, 6) is 1.59. The Morgan fingerprint density at radius 2 is 2.47 bits per heavy atom. The zero-order chi connectivity index (χ0) is 10.7. The molecule has 1 aromatic rings. The number of nitrogens with two attached hydrogens (primary N) is 1. The molecule has 0 bridgehead atoms. The first-order chi connectivity index (χ1) is 7.31. The van der Waals surface area contributed by atoms with Gasteiger partial charge in [0.05, 0.1) is 12.6 Å². The predicted octanol–water partition coefficient (Wildman–Crippen LogP) is 1.37. The molecular formula is C10H17N3O2. The summed E-state index contributed by atoms with van der Waals surface area (Å²) in [5.41, 5.74) is 5.89. The Balaban J connectivity index is 2.02. The van der Waals surface area contributed by atoms with Crippen molar-refractivity contribution in [3.8, 4) is 0 Å². The number of nitrogens with zero attached hydrogens (tertiary/aromatic N) is 2. The van der Waals surface area contributed by atoms with Crippen molar-refractivity contribution in [2.45, 2.75) is 38.1 Å². The van der Waals surface area contributed by atoms with E-state index in [9.17, 15) is 0 Å². The quantitative estimate of drug-likeness (QED) is 0.814. The number of hydrogen-bond donors (Lipinski definition) is 1. The van der Waals surface area contributed by atoms with Gasteiger partial charge in [-0.3, -0.25) is 0 Å². The van der Waals surface area contributed by atoms with Gasteiger partial charge in [0.1, 0.15) is 0 Å². The van der Waals surface area contributed by atoms with Crippen LogP contribution < -0.4 is 5.73 Å². The molecule has 0 amide bonds. The summed E-state index contributed by atoms with van der Waals surface area (Å²) < 4.78 is 10.4. The molecule has 2 rings (SSSR count). The van der Waals surface area contributed by atoms with E-state index in [2.05, 4.69) is 17.1 Å². The minimum absolute atomic E-state index is 0.126. The average molecular weight is 211 g/mol. The fourth-order valence-corrected chi connectivity index (χ4v) is 1.74. The van der Waals surface area contributed by atoms with Crippen molar-refractivity contribution in [2.75, 3.05) is 13.2 Å². The third-order valence-corrected chi connectivity index (χ3v) is 2.67. The Bertz CT molecular complexity index is 307. The summed E-state index contributed by atoms with van der Waals surface area (Å²) in [7, 11) is 0. The van der Waals surface area contributed by atoms with Gasteiger partial charge < -0.3 is 15.0 Å². The normalized spacial score (nSPS) is 23.2. The summed E-state index contributed by atoms with van der Waals surface area (Å²) in [6.45, 7) is 3.57. The van der Waals surface area contributed by atoms with Crippen molar-refractivity contribution in [1.29, 1.82) is 0 Å². The monoisotopic (exact) mass is 211 g/mol. The van der Waals surface area contributed by atoms with E-state index in [4.69, 9.17) is 15.0 Å². The highest BCUT2D eigenvalue weighted by Crippen LogP contribution is 2.24. The van der Waals surface area contributed by atoms with E-state index >= 15 is 0 Å². The van der Waals surface area contributed by atoms with Gasteiger partial charge in [-0.05, 0) is 12.8 Å². The largest absolute Gasteiger partial charge is 0.381 e. The molecule has 0 spiro atoms. The van der Waals surface area contributed by atoms with Crippen LogP contribution in [0.15, 0.2) is 4.52 Å². The third kappa shape index (κ3) is 2.35. The highest BCUT2D eigenvalue weighted by Gasteiger charge is 2.24. The highest BCUT2D eigenvalue weighted by molar-refractivity contribution is 4.99. The van der Waals surface area contributed by atoms with Crippen LogP contribution in [-0.2, 0) is 4.74 Å². The van der Waals surface area contributed by atoms with Crippen molar-refractivity contribution >= 4 is 0 Å². The molecule has 84 valence electrons. The summed E-state index contributed by atoms with van der Waals surface area (Å²) >= 11 is 0. The minimum Gasteiger partial charge on any atom is -0.381 e. The van der Waals surface area contributed by atoms with Crippen molar-refractivity contribution in [1.82, 2.24) is 10.1 Å². The molecule has 1 saturated heterocycles. The summed E-state index contributed by atoms with van der Waals surface area (Å²) in [6, 6.07) is -0.126. The zero-order valence-corrected chi connectivity index (χ0v) is 8.98. The summed E-state index contributed by atoms with van der Waals surface area (Å²) in [4.78, 5) is 4.33. The van der Waals surface area contributed by atoms with Gasteiger partial charge in [0.2, 0.25) is 5.89 Å². The highest BCUT2D eigenvalue weighted by atomic mass is 16.5. The van der Waals surface area contributed by atoms with Crippen LogP contribution in [-0.4, -0.2) is 23.4 Å². The predicted molar refractivity (Wildman–Crippen MR) is 54.3 cm³/mol. The molecule has 1 fully saturated rings. The molecule has 2 atom stereocenters. The topological polar surface area (TPSA) is 74.2 Å². The smallest absolute Gasteiger partial charge is 0.243 e. The van der Waals surface area contributed by atoms with Crippen LogP contribution in [0.4, 0.5) is 0 Å². The molecule has 0 aliphatic carbocycles. The number of aromatic nitrogens is 2. The second-order valence-electron chi connectivity index (χ2n) is 3.95. The lowest BCUT2D eigenvalue weighted by Crippen LogP contribution is -2.10. The third-order valence-electron chi connectivity index (χ3n) is 2.67. The van der Waals surface area contributed by atoms with E-state index in [1.807, 2.05) is 0 Å². The molecule has 1 aliphatic rings. The molecule has 2 N–H and O–H groups in total. The molecule has 5 heteroatoms. The molecule has 1 aromatic heterocycles. The molecule has 0 radical (unpaired) electrons. The van der Waals surface area contributed by atoms with Crippen LogP contribution in [0.25, 0.3) is 0 Å². The van der Waals surface area contributed by atoms with Crippen LogP contribution >= 0.6 is 0 Å². The average Bonchev–Trinajstić information content (AvgIpc) is 2.89. The van der Waals surface area contributed by atoms with E-state index < -0.39 is 0 Å². The van der Waals surface area contributed by atoms with Crippen LogP contribution in [0, 0.1) is 0 Å². The van der Waals surface area contributed by atoms with Gasteiger partial charge in [0, 0.05) is 12.5 Å². The van der Waals surface area contributed by atoms with Crippen LogP contribution in [0.1, 0.15) is 49.9 Å². The van der Waals surface area contributed by atoms with Crippen LogP contribution in [0.2, 0.25) is 0 Å². The van der Waals surface area contributed by atoms with Gasteiger partial charge in [-0.25, -0.2) is 0 Å². The second-order valence-corrected chi connectivity index (χ2v) is 3.95. The maximum absolute atomic E-state index is 5.89. The van der Waals surface area contributed by atoms with E-state index in [-0.39, 0.29) is 12.0 Å². The van der Waals surface area contributed by atoms with E-state index in [0.717, 1.165) is 31.7 Å². The summed E-state index contributed by atoms with van der Waals surface area (Å²) in [5, 5.41) is 3.96. The van der Waals surface area contributed by atoms with E-state index in [0.29, 0.717) is 12.5 Å². The van der Waals surface area contributed by atoms with Crippen LogP contribution in [0.3, 0.4) is 0 Å². The van der Waals surface area contributed by atoms with Crippen molar-refractivity contribution < 1.29 is 9.26 Å². The molecule has 5 nitrogen and oxygen atoms in total. The lowest BCUT2D eigenvalue weighted by atomic mass is 10.1. The standard InChI is InChI=1S/C10H17N3O2/c1-2-3-8(11)10-12-9(13-15-10)7-4-5-14-6-7/h7-8H,2-6,11H2,1H3/t7?,8-/m0/s1. The number of ether oxygens (including phenoxy) is 1. The van der Waals surface area contributed by atoms with Crippen molar-refractivity contribution in [3.05, 3.63) is 11.7 Å². The van der Waals surface area contributed by atoms with Gasteiger partial charge in [-0.15, -0.1) is 0 Å².